The van der Waals surface area contributed by atoms with Crippen LogP contribution in [0.1, 0.15) is 11.1 Å². The molecule has 0 saturated heterocycles. The predicted molar refractivity (Wildman–Crippen MR) is 79.7 cm³/mol. The SMILES string of the molecule is COc1cccc(NS(=O)(=O)c2cc(C#N)ccc2C)c1. The third-order valence-electron chi connectivity index (χ3n) is 2.93. The molecule has 1 N–H and O–H groups in total. The van der Waals surface area contributed by atoms with Gasteiger partial charge in [-0.1, -0.05) is 12.1 Å². The van der Waals surface area contributed by atoms with Gasteiger partial charge in [-0.15, -0.1) is 0 Å². The molecule has 0 aliphatic heterocycles. The zero-order valence-corrected chi connectivity index (χ0v) is 12.4. The summed E-state index contributed by atoms with van der Waals surface area (Å²) in [4.78, 5) is 0.0874. The van der Waals surface area contributed by atoms with Crippen LogP contribution in [0.15, 0.2) is 47.4 Å². The average molecular weight is 302 g/mol. The predicted octanol–water partition coefficient (Wildman–Crippen LogP) is 2.68. The summed E-state index contributed by atoms with van der Waals surface area (Å²) in [6, 6.07) is 13.1. The van der Waals surface area contributed by atoms with E-state index in [4.69, 9.17) is 10.00 Å². The number of hydrogen-bond acceptors (Lipinski definition) is 4. The first-order chi connectivity index (χ1) is 9.96. The van der Waals surface area contributed by atoms with Crippen LogP contribution in [0.2, 0.25) is 0 Å². The lowest BCUT2D eigenvalue weighted by Crippen LogP contribution is -2.14. The van der Waals surface area contributed by atoms with Crippen molar-refractivity contribution in [2.45, 2.75) is 11.8 Å². The molecule has 0 aromatic heterocycles. The van der Waals surface area contributed by atoms with Crippen LogP contribution in [0.4, 0.5) is 5.69 Å². The molecule has 21 heavy (non-hydrogen) atoms. The van der Waals surface area contributed by atoms with Gasteiger partial charge in [0.15, 0.2) is 0 Å². The highest BCUT2D eigenvalue weighted by Gasteiger charge is 2.17. The normalized spacial score (nSPS) is 10.7. The van der Waals surface area contributed by atoms with Crippen molar-refractivity contribution in [3.05, 3.63) is 53.6 Å². The summed E-state index contributed by atoms with van der Waals surface area (Å²) in [5, 5.41) is 8.89. The third-order valence-corrected chi connectivity index (χ3v) is 4.45. The van der Waals surface area contributed by atoms with Crippen molar-refractivity contribution in [3.63, 3.8) is 0 Å². The first-order valence-corrected chi connectivity index (χ1v) is 7.62. The van der Waals surface area contributed by atoms with Crippen LogP contribution in [0.3, 0.4) is 0 Å². The van der Waals surface area contributed by atoms with E-state index in [2.05, 4.69) is 4.72 Å². The molecule has 0 aliphatic rings. The summed E-state index contributed by atoms with van der Waals surface area (Å²) in [6.07, 6.45) is 0. The molecular weight excluding hydrogens is 288 g/mol. The molecule has 0 bridgehead atoms. The molecule has 0 spiro atoms. The number of anilines is 1. The Morgan fingerprint density at radius 2 is 1.95 bits per heavy atom. The van der Waals surface area contributed by atoms with Gasteiger partial charge in [0, 0.05) is 6.07 Å². The summed E-state index contributed by atoms with van der Waals surface area (Å²) in [5.74, 6) is 0.553. The molecule has 2 aromatic carbocycles. The van der Waals surface area contributed by atoms with Gasteiger partial charge in [0.05, 0.1) is 29.3 Å². The molecule has 2 aromatic rings. The summed E-state index contributed by atoms with van der Waals surface area (Å²) < 4.78 is 32.4. The van der Waals surface area contributed by atoms with Gasteiger partial charge in [-0.25, -0.2) is 8.42 Å². The molecule has 2 rings (SSSR count). The van der Waals surface area contributed by atoms with E-state index in [0.29, 0.717) is 22.6 Å². The van der Waals surface area contributed by atoms with Gasteiger partial charge < -0.3 is 4.74 Å². The van der Waals surface area contributed by atoms with Gasteiger partial charge in [0.25, 0.3) is 10.0 Å². The van der Waals surface area contributed by atoms with Crippen molar-refractivity contribution in [2.75, 3.05) is 11.8 Å². The number of benzene rings is 2. The molecule has 108 valence electrons. The number of methoxy groups -OCH3 is 1. The van der Waals surface area contributed by atoms with E-state index in [-0.39, 0.29) is 4.90 Å². The average Bonchev–Trinajstić information content (AvgIpc) is 2.47. The third kappa shape index (κ3) is 3.33. The maximum Gasteiger partial charge on any atom is 0.262 e. The standard InChI is InChI=1S/C15H14N2O3S/c1-11-6-7-12(10-16)8-15(11)21(18,19)17-13-4-3-5-14(9-13)20-2/h3-9,17H,1-2H3. The molecule has 0 saturated carbocycles. The number of aryl methyl sites for hydroxylation is 1. The van der Waals surface area contributed by atoms with Crippen molar-refractivity contribution < 1.29 is 13.2 Å². The number of ether oxygens (including phenoxy) is 1. The fourth-order valence-corrected chi connectivity index (χ4v) is 3.18. The second-order valence-electron chi connectivity index (χ2n) is 4.43. The molecule has 0 amide bonds. The van der Waals surface area contributed by atoms with Crippen molar-refractivity contribution >= 4 is 15.7 Å². The lowest BCUT2D eigenvalue weighted by atomic mass is 10.2. The van der Waals surface area contributed by atoms with Gasteiger partial charge >= 0.3 is 0 Å². The van der Waals surface area contributed by atoms with Crippen LogP contribution < -0.4 is 9.46 Å². The molecule has 6 heteroatoms. The topological polar surface area (TPSA) is 79.2 Å². The number of nitrogens with one attached hydrogen (secondary N) is 1. The second-order valence-corrected chi connectivity index (χ2v) is 6.08. The highest BCUT2D eigenvalue weighted by Crippen LogP contribution is 2.23. The molecule has 0 atom stereocenters. The number of nitrogens with zero attached hydrogens (tertiary/aromatic N) is 1. The Labute approximate surface area is 123 Å². The van der Waals surface area contributed by atoms with Crippen LogP contribution in [-0.2, 0) is 10.0 Å². The zero-order valence-electron chi connectivity index (χ0n) is 11.6. The summed E-state index contributed by atoms with van der Waals surface area (Å²) >= 11 is 0. The Kier molecular flexibility index (Phi) is 4.15. The Morgan fingerprint density at radius 3 is 2.62 bits per heavy atom. The minimum Gasteiger partial charge on any atom is -0.497 e. The van der Waals surface area contributed by atoms with Crippen LogP contribution in [0.25, 0.3) is 0 Å². The molecule has 0 radical (unpaired) electrons. The van der Waals surface area contributed by atoms with Crippen LogP contribution in [0.5, 0.6) is 5.75 Å². The Balaban J connectivity index is 2.41. The van der Waals surface area contributed by atoms with Gasteiger partial charge in [-0.05, 0) is 36.8 Å². The van der Waals surface area contributed by atoms with Crippen molar-refractivity contribution in [2.24, 2.45) is 0 Å². The van der Waals surface area contributed by atoms with E-state index >= 15 is 0 Å². The minimum atomic E-state index is -3.76. The lowest BCUT2D eigenvalue weighted by molar-refractivity contribution is 0.415. The fourth-order valence-electron chi connectivity index (χ4n) is 1.86. The molecule has 0 unspecified atom stereocenters. The van der Waals surface area contributed by atoms with Crippen molar-refractivity contribution in [1.29, 1.82) is 5.26 Å². The molecular formula is C15H14N2O3S. The van der Waals surface area contributed by atoms with Crippen LogP contribution in [0, 0.1) is 18.3 Å². The van der Waals surface area contributed by atoms with Crippen LogP contribution in [-0.4, -0.2) is 15.5 Å². The summed E-state index contributed by atoms with van der Waals surface area (Å²) in [6.45, 7) is 1.68. The van der Waals surface area contributed by atoms with E-state index in [9.17, 15) is 8.42 Å². The van der Waals surface area contributed by atoms with E-state index < -0.39 is 10.0 Å². The Morgan fingerprint density at radius 1 is 1.19 bits per heavy atom. The summed E-state index contributed by atoms with van der Waals surface area (Å²) in [7, 11) is -2.25. The largest absolute Gasteiger partial charge is 0.497 e. The monoisotopic (exact) mass is 302 g/mol. The van der Waals surface area contributed by atoms with Gasteiger partial charge in [0.1, 0.15) is 5.75 Å². The van der Waals surface area contributed by atoms with Gasteiger partial charge in [-0.3, -0.25) is 4.72 Å². The van der Waals surface area contributed by atoms with Crippen molar-refractivity contribution in [1.82, 2.24) is 0 Å². The smallest absolute Gasteiger partial charge is 0.262 e. The maximum atomic E-state index is 12.4. The van der Waals surface area contributed by atoms with Gasteiger partial charge in [0.2, 0.25) is 0 Å². The Hall–Kier alpha value is -2.52. The summed E-state index contributed by atoms with van der Waals surface area (Å²) in [5.41, 5.74) is 1.27. The quantitative estimate of drug-likeness (QED) is 0.941. The molecule has 0 heterocycles. The highest BCUT2D eigenvalue weighted by atomic mass is 32.2. The minimum absolute atomic E-state index is 0.0874. The lowest BCUT2D eigenvalue weighted by Gasteiger charge is -2.11. The number of rotatable bonds is 4. The molecule has 5 nitrogen and oxygen atoms in total. The van der Waals surface area contributed by atoms with Gasteiger partial charge in [-0.2, -0.15) is 5.26 Å². The number of nitriles is 1. The fraction of sp³-hybridized carbons (Fsp3) is 0.133. The second kappa shape index (κ2) is 5.85. The molecule has 0 fully saturated rings. The van der Waals surface area contributed by atoms with Crippen LogP contribution >= 0.6 is 0 Å². The number of hydrogen-bond donors (Lipinski definition) is 1. The van der Waals surface area contributed by atoms with E-state index in [0.717, 1.165) is 0 Å². The number of sulfonamides is 1. The Bertz CT molecular complexity index is 808. The van der Waals surface area contributed by atoms with E-state index in [1.807, 2.05) is 6.07 Å². The first kappa shape index (κ1) is 14.9. The highest BCUT2D eigenvalue weighted by molar-refractivity contribution is 7.92. The maximum absolute atomic E-state index is 12.4. The zero-order chi connectivity index (χ0) is 15.5. The first-order valence-electron chi connectivity index (χ1n) is 6.14. The molecule has 0 aliphatic carbocycles. The van der Waals surface area contributed by atoms with E-state index in [1.54, 1.807) is 43.3 Å². The van der Waals surface area contributed by atoms with Crippen molar-refractivity contribution in [3.8, 4) is 11.8 Å². The van der Waals surface area contributed by atoms with E-state index in [1.165, 1.54) is 13.2 Å².